The summed E-state index contributed by atoms with van der Waals surface area (Å²) in [6, 6.07) is 8.18. The Morgan fingerprint density at radius 2 is 2.16 bits per heavy atom. The fourth-order valence-electron chi connectivity index (χ4n) is 2.61. The standard InChI is InChI=1S/C15H23N3O/c1-2-10-18(11-13-4-3-9-17-13)14-7-5-12(6-8-14)15(16)19/h5-8,13,17H,2-4,9-11H2,1H3,(H2,16,19). The van der Waals surface area contributed by atoms with Gasteiger partial charge in [-0.15, -0.1) is 0 Å². The van der Waals surface area contributed by atoms with Crippen LogP contribution in [-0.2, 0) is 0 Å². The lowest BCUT2D eigenvalue weighted by molar-refractivity contribution is 0.100. The SMILES string of the molecule is CCCN(CC1CCCN1)c1ccc(C(N)=O)cc1. The second-order valence-electron chi connectivity index (χ2n) is 5.15. The minimum Gasteiger partial charge on any atom is -0.370 e. The fraction of sp³-hybridized carbons (Fsp3) is 0.533. The number of rotatable bonds is 6. The first-order valence-corrected chi connectivity index (χ1v) is 7.09. The molecule has 2 rings (SSSR count). The zero-order chi connectivity index (χ0) is 13.7. The van der Waals surface area contributed by atoms with Gasteiger partial charge in [-0.1, -0.05) is 6.92 Å². The normalized spacial score (nSPS) is 18.5. The fourth-order valence-corrected chi connectivity index (χ4v) is 2.61. The van der Waals surface area contributed by atoms with Crippen LogP contribution in [0.15, 0.2) is 24.3 Å². The molecule has 1 fully saturated rings. The summed E-state index contributed by atoms with van der Waals surface area (Å²) in [5.74, 6) is -0.369. The summed E-state index contributed by atoms with van der Waals surface area (Å²) in [5.41, 5.74) is 7.00. The van der Waals surface area contributed by atoms with E-state index in [1.165, 1.54) is 18.5 Å². The molecule has 0 radical (unpaired) electrons. The number of carbonyl (C=O) groups excluding carboxylic acids is 1. The zero-order valence-electron chi connectivity index (χ0n) is 11.6. The third kappa shape index (κ3) is 3.70. The molecule has 0 bridgehead atoms. The Labute approximate surface area is 115 Å². The van der Waals surface area contributed by atoms with Crippen LogP contribution in [0.3, 0.4) is 0 Å². The highest BCUT2D eigenvalue weighted by Crippen LogP contribution is 2.18. The molecule has 1 aromatic carbocycles. The van der Waals surface area contributed by atoms with Gasteiger partial charge in [0.15, 0.2) is 0 Å². The van der Waals surface area contributed by atoms with Crippen LogP contribution in [0.25, 0.3) is 0 Å². The Kier molecular flexibility index (Phi) is 4.80. The Bertz CT molecular complexity index is 410. The highest BCUT2D eigenvalue weighted by atomic mass is 16.1. The van der Waals surface area contributed by atoms with Crippen molar-refractivity contribution >= 4 is 11.6 Å². The van der Waals surface area contributed by atoms with E-state index in [0.29, 0.717) is 11.6 Å². The van der Waals surface area contributed by atoms with Crippen molar-refractivity contribution in [1.82, 2.24) is 5.32 Å². The van der Waals surface area contributed by atoms with Gasteiger partial charge in [-0.3, -0.25) is 4.79 Å². The van der Waals surface area contributed by atoms with Crippen molar-refractivity contribution < 1.29 is 4.79 Å². The third-order valence-corrected chi connectivity index (χ3v) is 3.61. The van der Waals surface area contributed by atoms with Gasteiger partial charge in [-0.05, 0) is 50.1 Å². The second-order valence-corrected chi connectivity index (χ2v) is 5.15. The number of nitrogens with two attached hydrogens (primary N) is 1. The molecule has 0 aromatic heterocycles. The molecule has 1 aliphatic heterocycles. The Morgan fingerprint density at radius 1 is 1.42 bits per heavy atom. The molecule has 0 spiro atoms. The van der Waals surface area contributed by atoms with Gasteiger partial charge in [0.05, 0.1) is 0 Å². The predicted molar refractivity (Wildman–Crippen MR) is 78.5 cm³/mol. The van der Waals surface area contributed by atoms with Gasteiger partial charge < -0.3 is 16.0 Å². The van der Waals surface area contributed by atoms with E-state index in [2.05, 4.69) is 17.1 Å². The highest BCUT2D eigenvalue weighted by molar-refractivity contribution is 5.93. The number of amides is 1. The minimum absolute atomic E-state index is 0.369. The van der Waals surface area contributed by atoms with Crippen molar-refractivity contribution in [2.75, 3.05) is 24.5 Å². The quantitative estimate of drug-likeness (QED) is 0.820. The first kappa shape index (κ1) is 13.9. The molecule has 1 aromatic rings. The van der Waals surface area contributed by atoms with Crippen molar-refractivity contribution in [2.24, 2.45) is 5.73 Å². The molecule has 1 amide bonds. The van der Waals surface area contributed by atoms with Crippen molar-refractivity contribution in [3.8, 4) is 0 Å². The van der Waals surface area contributed by atoms with E-state index in [-0.39, 0.29) is 5.91 Å². The van der Waals surface area contributed by atoms with Crippen LogP contribution >= 0.6 is 0 Å². The molecule has 1 unspecified atom stereocenters. The van der Waals surface area contributed by atoms with Crippen LogP contribution in [0.4, 0.5) is 5.69 Å². The third-order valence-electron chi connectivity index (χ3n) is 3.61. The maximum absolute atomic E-state index is 11.1. The maximum atomic E-state index is 11.1. The van der Waals surface area contributed by atoms with Gasteiger partial charge in [0.1, 0.15) is 0 Å². The molecule has 1 saturated heterocycles. The Morgan fingerprint density at radius 3 is 2.68 bits per heavy atom. The lowest BCUT2D eigenvalue weighted by atomic mass is 10.1. The van der Waals surface area contributed by atoms with Gasteiger partial charge >= 0.3 is 0 Å². The average molecular weight is 261 g/mol. The molecule has 0 aliphatic carbocycles. The van der Waals surface area contributed by atoms with E-state index < -0.39 is 0 Å². The van der Waals surface area contributed by atoms with Crippen LogP contribution in [0.1, 0.15) is 36.5 Å². The number of primary amides is 1. The summed E-state index contributed by atoms with van der Waals surface area (Å²) >= 11 is 0. The lowest BCUT2D eigenvalue weighted by Crippen LogP contribution is -2.38. The summed E-state index contributed by atoms with van der Waals surface area (Å²) in [6.45, 7) is 5.38. The summed E-state index contributed by atoms with van der Waals surface area (Å²) < 4.78 is 0. The van der Waals surface area contributed by atoms with E-state index in [1.807, 2.05) is 24.3 Å². The number of carbonyl (C=O) groups is 1. The van der Waals surface area contributed by atoms with Gasteiger partial charge in [0.2, 0.25) is 5.91 Å². The number of nitrogens with zero attached hydrogens (tertiary/aromatic N) is 1. The van der Waals surface area contributed by atoms with Crippen molar-refractivity contribution in [3.63, 3.8) is 0 Å². The van der Waals surface area contributed by atoms with E-state index in [0.717, 1.165) is 26.1 Å². The molecular weight excluding hydrogens is 238 g/mol. The van der Waals surface area contributed by atoms with Gasteiger partial charge in [-0.25, -0.2) is 0 Å². The van der Waals surface area contributed by atoms with Crippen LogP contribution in [0.5, 0.6) is 0 Å². The second kappa shape index (κ2) is 6.57. The topological polar surface area (TPSA) is 58.4 Å². The molecule has 3 N–H and O–H groups in total. The molecule has 1 atom stereocenters. The van der Waals surface area contributed by atoms with E-state index in [9.17, 15) is 4.79 Å². The van der Waals surface area contributed by atoms with Crippen LogP contribution in [0, 0.1) is 0 Å². The van der Waals surface area contributed by atoms with Crippen LogP contribution < -0.4 is 16.0 Å². The molecule has 4 nitrogen and oxygen atoms in total. The van der Waals surface area contributed by atoms with Gasteiger partial charge in [-0.2, -0.15) is 0 Å². The van der Waals surface area contributed by atoms with E-state index >= 15 is 0 Å². The summed E-state index contributed by atoms with van der Waals surface area (Å²) in [5, 5.41) is 3.53. The van der Waals surface area contributed by atoms with Crippen molar-refractivity contribution in [2.45, 2.75) is 32.2 Å². The number of hydrogen-bond donors (Lipinski definition) is 2. The van der Waals surface area contributed by atoms with Crippen LogP contribution in [-0.4, -0.2) is 31.6 Å². The minimum atomic E-state index is -0.369. The molecule has 104 valence electrons. The monoisotopic (exact) mass is 261 g/mol. The van der Waals surface area contributed by atoms with E-state index in [1.54, 1.807) is 0 Å². The largest absolute Gasteiger partial charge is 0.370 e. The molecule has 4 heteroatoms. The number of anilines is 1. The molecule has 19 heavy (non-hydrogen) atoms. The Hall–Kier alpha value is -1.55. The molecule has 1 aliphatic rings. The number of hydrogen-bond acceptors (Lipinski definition) is 3. The van der Waals surface area contributed by atoms with Gasteiger partial charge in [0.25, 0.3) is 0 Å². The first-order valence-electron chi connectivity index (χ1n) is 7.09. The number of nitrogens with one attached hydrogen (secondary N) is 1. The predicted octanol–water partition coefficient (Wildman–Crippen LogP) is 1.75. The van der Waals surface area contributed by atoms with Gasteiger partial charge in [0, 0.05) is 30.4 Å². The van der Waals surface area contributed by atoms with Crippen molar-refractivity contribution in [3.05, 3.63) is 29.8 Å². The maximum Gasteiger partial charge on any atom is 0.248 e. The summed E-state index contributed by atoms with van der Waals surface area (Å²) in [4.78, 5) is 13.5. The van der Waals surface area contributed by atoms with E-state index in [4.69, 9.17) is 5.73 Å². The smallest absolute Gasteiger partial charge is 0.248 e. The highest BCUT2D eigenvalue weighted by Gasteiger charge is 2.17. The van der Waals surface area contributed by atoms with Crippen LogP contribution in [0.2, 0.25) is 0 Å². The molecule has 1 heterocycles. The summed E-state index contributed by atoms with van der Waals surface area (Å²) in [6.07, 6.45) is 3.63. The molecule has 0 saturated carbocycles. The zero-order valence-corrected chi connectivity index (χ0v) is 11.6. The van der Waals surface area contributed by atoms with Crippen molar-refractivity contribution in [1.29, 1.82) is 0 Å². The lowest BCUT2D eigenvalue weighted by Gasteiger charge is -2.27. The average Bonchev–Trinajstić information content (AvgIpc) is 2.91. The molecular formula is C15H23N3O. The summed E-state index contributed by atoms with van der Waals surface area (Å²) in [7, 11) is 0. The first-order chi connectivity index (χ1) is 9.20. The number of benzene rings is 1. The Balaban J connectivity index is 2.06.